The summed E-state index contributed by atoms with van der Waals surface area (Å²) in [6, 6.07) is 17.7. The lowest BCUT2D eigenvalue weighted by Gasteiger charge is -2.33. The van der Waals surface area contributed by atoms with Crippen molar-refractivity contribution in [1.29, 1.82) is 0 Å². The first-order chi connectivity index (χ1) is 12.8. The van der Waals surface area contributed by atoms with E-state index in [1.807, 2.05) is 24.3 Å². The second kappa shape index (κ2) is 12.9. The third kappa shape index (κ3) is 7.17. The van der Waals surface area contributed by atoms with Crippen LogP contribution < -0.4 is 20.1 Å². The van der Waals surface area contributed by atoms with Gasteiger partial charge >= 0.3 is 0 Å². The molecule has 3 rings (SSSR count). The number of nitrogens with one attached hydrogen (secondary N) is 2. The number of hydrogen-bond donors (Lipinski definition) is 2. The predicted molar refractivity (Wildman–Crippen MR) is 120 cm³/mol. The maximum atomic E-state index is 5.23. The van der Waals surface area contributed by atoms with Crippen LogP contribution in [-0.4, -0.2) is 26.3 Å². The maximum Gasteiger partial charge on any atom is 0.118 e. The lowest BCUT2D eigenvalue weighted by atomic mass is 9.90. The van der Waals surface area contributed by atoms with Gasteiger partial charge in [0, 0.05) is 25.2 Å². The normalized spacial score (nSPS) is 18.5. The first-order valence-corrected chi connectivity index (χ1v) is 9.51. The van der Waals surface area contributed by atoms with E-state index in [0.717, 1.165) is 24.6 Å². The Bertz CT molecular complexity index is 606. The van der Waals surface area contributed by atoms with Gasteiger partial charge in [-0.1, -0.05) is 37.1 Å². The van der Waals surface area contributed by atoms with Gasteiger partial charge in [-0.25, -0.2) is 0 Å². The lowest BCUT2D eigenvalue weighted by molar-refractivity contribution is 0.281. The zero-order valence-corrected chi connectivity index (χ0v) is 18.3. The van der Waals surface area contributed by atoms with Crippen molar-refractivity contribution in [3.05, 3.63) is 59.7 Å². The van der Waals surface area contributed by atoms with Crippen LogP contribution in [0.25, 0.3) is 0 Å². The molecule has 2 atom stereocenters. The molecule has 1 aliphatic rings. The number of hydrogen-bond acceptors (Lipinski definition) is 4. The van der Waals surface area contributed by atoms with Crippen molar-refractivity contribution in [2.45, 2.75) is 50.9 Å². The molecule has 0 bridgehead atoms. The molecule has 4 nitrogen and oxygen atoms in total. The van der Waals surface area contributed by atoms with E-state index in [0.29, 0.717) is 12.1 Å². The van der Waals surface area contributed by atoms with Crippen LogP contribution in [0.5, 0.6) is 11.5 Å². The molecule has 2 N–H and O–H groups in total. The Hall–Kier alpha value is -1.46. The molecule has 0 amide bonds. The summed E-state index contributed by atoms with van der Waals surface area (Å²) >= 11 is 0. The summed E-state index contributed by atoms with van der Waals surface area (Å²) in [4.78, 5) is 0. The molecule has 1 fully saturated rings. The van der Waals surface area contributed by atoms with Crippen LogP contribution in [-0.2, 0) is 13.1 Å². The van der Waals surface area contributed by atoms with Crippen LogP contribution in [0.2, 0.25) is 0 Å². The van der Waals surface area contributed by atoms with Gasteiger partial charge in [0.05, 0.1) is 14.2 Å². The number of rotatable bonds is 8. The second-order valence-corrected chi connectivity index (χ2v) is 6.96. The van der Waals surface area contributed by atoms with Gasteiger partial charge < -0.3 is 20.1 Å². The highest BCUT2D eigenvalue weighted by atomic mass is 35.5. The fourth-order valence-corrected chi connectivity index (χ4v) is 3.60. The van der Waals surface area contributed by atoms with Gasteiger partial charge in [-0.2, -0.15) is 0 Å². The van der Waals surface area contributed by atoms with E-state index in [4.69, 9.17) is 9.47 Å². The van der Waals surface area contributed by atoms with Crippen molar-refractivity contribution in [2.75, 3.05) is 14.2 Å². The molecule has 2 aromatic rings. The molecule has 6 heteroatoms. The summed E-state index contributed by atoms with van der Waals surface area (Å²) in [5, 5.41) is 7.51. The molecular weight excluding hydrogens is 395 g/mol. The van der Waals surface area contributed by atoms with Gasteiger partial charge in [0.15, 0.2) is 0 Å². The first kappa shape index (κ1) is 24.6. The molecule has 0 heterocycles. The average molecular weight is 427 g/mol. The maximum absolute atomic E-state index is 5.23. The SMILES string of the molecule is COc1ccc(CNC2CCCCC2NCc2ccc(OC)cc2)cc1.Cl.Cl. The van der Waals surface area contributed by atoms with Gasteiger partial charge in [-0.15, -0.1) is 24.8 Å². The summed E-state index contributed by atoms with van der Waals surface area (Å²) in [6.45, 7) is 1.80. The van der Waals surface area contributed by atoms with E-state index in [1.165, 1.54) is 36.8 Å². The Morgan fingerprint density at radius 1 is 0.679 bits per heavy atom. The number of benzene rings is 2. The Morgan fingerprint density at radius 3 is 1.36 bits per heavy atom. The number of ether oxygens (including phenoxy) is 2. The molecule has 0 spiro atoms. The van der Waals surface area contributed by atoms with Crippen molar-refractivity contribution in [3.63, 3.8) is 0 Å². The van der Waals surface area contributed by atoms with E-state index in [9.17, 15) is 0 Å². The molecule has 0 aromatic heterocycles. The largest absolute Gasteiger partial charge is 0.497 e. The molecule has 156 valence electrons. The van der Waals surface area contributed by atoms with Crippen LogP contribution in [0.1, 0.15) is 36.8 Å². The zero-order chi connectivity index (χ0) is 18.2. The Morgan fingerprint density at radius 2 is 1.04 bits per heavy atom. The molecule has 2 unspecified atom stereocenters. The smallest absolute Gasteiger partial charge is 0.118 e. The minimum atomic E-state index is 0. The van der Waals surface area contributed by atoms with Gasteiger partial charge in [0.1, 0.15) is 11.5 Å². The van der Waals surface area contributed by atoms with Crippen LogP contribution in [0.4, 0.5) is 0 Å². The first-order valence-electron chi connectivity index (χ1n) is 9.51. The quantitative estimate of drug-likeness (QED) is 0.639. The van der Waals surface area contributed by atoms with Crippen LogP contribution in [0, 0.1) is 0 Å². The summed E-state index contributed by atoms with van der Waals surface area (Å²) in [5.74, 6) is 1.82. The number of halogens is 2. The lowest BCUT2D eigenvalue weighted by Crippen LogP contribution is -2.49. The summed E-state index contributed by atoms with van der Waals surface area (Å²) in [7, 11) is 3.41. The zero-order valence-electron chi connectivity index (χ0n) is 16.6. The molecule has 2 aromatic carbocycles. The molecule has 1 saturated carbocycles. The minimum absolute atomic E-state index is 0. The molecular formula is C22H32Cl2N2O2. The monoisotopic (exact) mass is 426 g/mol. The Labute approximate surface area is 181 Å². The topological polar surface area (TPSA) is 42.5 Å². The van der Waals surface area contributed by atoms with Crippen molar-refractivity contribution < 1.29 is 9.47 Å². The van der Waals surface area contributed by atoms with Crippen molar-refractivity contribution in [1.82, 2.24) is 10.6 Å². The van der Waals surface area contributed by atoms with Gasteiger partial charge in [-0.3, -0.25) is 0 Å². The van der Waals surface area contributed by atoms with Gasteiger partial charge in [0.2, 0.25) is 0 Å². The highest BCUT2D eigenvalue weighted by Gasteiger charge is 2.24. The summed E-state index contributed by atoms with van der Waals surface area (Å²) in [6.07, 6.45) is 5.08. The van der Waals surface area contributed by atoms with E-state index >= 15 is 0 Å². The van der Waals surface area contributed by atoms with E-state index in [-0.39, 0.29) is 24.8 Å². The summed E-state index contributed by atoms with van der Waals surface area (Å²) < 4.78 is 10.5. The fourth-order valence-electron chi connectivity index (χ4n) is 3.60. The van der Waals surface area contributed by atoms with E-state index < -0.39 is 0 Å². The Kier molecular flexibility index (Phi) is 11.3. The third-order valence-corrected chi connectivity index (χ3v) is 5.22. The Balaban J connectivity index is 0.00000196. The fraction of sp³-hybridized carbons (Fsp3) is 0.455. The molecule has 28 heavy (non-hydrogen) atoms. The molecule has 0 aliphatic heterocycles. The van der Waals surface area contributed by atoms with Gasteiger partial charge in [0.25, 0.3) is 0 Å². The third-order valence-electron chi connectivity index (χ3n) is 5.22. The second-order valence-electron chi connectivity index (χ2n) is 6.96. The highest BCUT2D eigenvalue weighted by Crippen LogP contribution is 2.20. The minimum Gasteiger partial charge on any atom is -0.497 e. The van der Waals surface area contributed by atoms with Crippen LogP contribution in [0.3, 0.4) is 0 Å². The van der Waals surface area contributed by atoms with E-state index in [1.54, 1.807) is 14.2 Å². The molecule has 0 radical (unpaired) electrons. The van der Waals surface area contributed by atoms with Crippen molar-refractivity contribution in [3.8, 4) is 11.5 Å². The van der Waals surface area contributed by atoms with Gasteiger partial charge in [-0.05, 0) is 48.2 Å². The molecule has 1 aliphatic carbocycles. The van der Waals surface area contributed by atoms with Crippen molar-refractivity contribution in [2.24, 2.45) is 0 Å². The average Bonchev–Trinajstić information content (AvgIpc) is 2.72. The highest BCUT2D eigenvalue weighted by molar-refractivity contribution is 5.85. The van der Waals surface area contributed by atoms with Crippen molar-refractivity contribution >= 4 is 24.8 Å². The molecule has 0 saturated heterocycles. The summed E-state index contributed by atoms with van der Waals surface area (Å²) in [5.41, 5.74) is 2.59. The number of methoxy groups -OCH3 is 2. The van der Waals surface area contributed by atoms with Crippen LogP contribution >= 0.6 is 24.8 Å². The van der Waals surface area contributed by atoms with E-state index in [2.05, 4.69) is 34.9 Å². The standard InChI is InChI=1S/C22H30N2O2.2ClH/c1-25-19-11-7-17(8-12-19)15-23-21-5-3-4-6-22(21)24-16-18-9-13-20(26-2)14-10-18;;/h7-14,21-24H,3-6,15-16H2,1-2H3;2*1H. The predicted octanol–water partition coefficient (Wildman–Crippen LogP) is 4.74. The van der Waals surface area contributed by atoms with Crippen LogP contribution in [0.15, 0.2) is 48.5 Å².